The number of carbonyl (C=O) groups is 1. The van der Waals surface area contributed by atoms with Crippen LogP contribution in [0.2, 0.25) is 0 Å². The number of benzene rings is 4. The maximum atomic E-state index is 12.5. The molecule has 1 unspecified atom stereocenters. The van der Waals surface area contributed by atoms with Crippen LogP contribution in [-0.4, -0.2) is 74.1 Å². The number of anilines is 1. The summed E-state index contributed by atoms with van der Waals surface area (Å²) in [6.45, 7) is 10.2. The Morgan fingerprint density at radius 2 is 1.61 bits per heavy atom. The van der Waals surface area contributed by atoms with E-state index in [0.29, 0.717) is 43.7 Å². The molecule has 296 valence electrons. The lowest BCUT2D eigenvalue weighted by Crippen LogP contribution is -2.32. The maximum Gasteiger partial charge on any atom is 0.303 e. The Labute approximate surface area is 328 Å². The molecule has 3 N–H and O–H groups in total. The fourth-order valence-electron chi connectivity index (χ4n) is 8.62. The number of allylic oxidation sites excluding steroid dienone is 6. The maximum absolute atomic E-state index is 12.5. The molecule has 0 fully saturated rings. The molecule has 56 heavy (non-hydrogen) atoms. The summed E-state index contributed by atoms with van der Waals surface area (Å²) in [6.07, 6.45) is 12.7. The molecule has 11 nitrogen and oxygen atoms in total. The molecule has 2 aliphatic rings. The number of hydrogen-bond acceptors (Lipinski definition) is 7. The highest BCUT2D eigenvalue weighted by Gasteiger charge is 2.48. The molecule has 6 rings (SSSR count). The van der Waals surface area contributed by atoms with Gasteiger partial charge < -0.3 is 14.7 Å². The van der Waals surface area contributed by atoms with Gasteiger partial charge in [0.1, 0.15) is 11.4 Å². The van der Waals surface area contributed by atoms with Crippen LogP contribution in [0.5, 0.6) is 0 Å². The molecule has 0 amide bonds. The Hall–Kier alpha value is -4.66. The van der Waals surface area contributed by atoms with Gasteiger partial charge in [0.2, 0.25) is 5.69 Å². The first-order valence-electron chi connectivity index (χ1n) is 18.7. The highest BCUT2D eigenvalue weighted by molar-refractivity contribution is 7.86. The number of nitrogens with zero attached hydrogens (tertiary/aromatic N) is 2. The van der Waals surface area contributed by atoms with Crippen LogP contribution in [0, 0.1) is 0 Å². The third kappa shape index (κ3) is 7.58. The van der Waals surface area contributed by atoms with E-state index in [-0.39, 0.29) is 22.6 Å². The van der Waals surface area contributed by atoms with Crippen molar-refractivity contribution >= 4 is 64.8 Å². The number of carboxylic acids is 1. The average molecular weight is 802 g/mol. The van der Waals surface area contributed by atoms with Crippen LogP contribution in [0.25, 0.3) is 21.5 Å². The van der Waals surface area contributed by atoms with Crippen LogP contribution in [0.4, 0.5) is 11.4 Å². The summed E-state index contributed by atoms with van der Waals surface area (Å²) in [5.41, 5.74) is 4.69. The minimum absolute atomic E-state index is 0.0571. The topological polar surface area (TPSA) is 162 Å². The number of rotatable bonds is 15. The average Bonchev–Trinajstić information content (AvgIpc) is 3.51. The monoisotopic (exact) mass is 801 g/mol. The van der Waals surface area contributed by atoms with Crippen LogP contribution < -0.4 is 4.90 Å². The Kier molecular flexibility index (Phi) is 11.5. The second-order valence-corrected chi connectivity index (χ2v) is 17.9. The fourth-order valence-corrected chi connectivity index (χ4v) is 9.96. The van der Waals surface area contributed by atoms with Gasteiger partial charge in [0.25, 0.3) is 20.2 Å². The molecule has 4 aromatic carbocycles. The molecule has 0 radical (unpaired) electrons. The highest BCUT2D eigenvalue weighted by atomic mass is 32.2. The highest BCUT2D eigenvalue weighted by Crippen LogP contribution is 2.52. The van der Waals surface area contributed by atoms with Crippen molar-refractivity contribution < 1.29 is 45.2 Å². The van der Waals surface area contributed by atoms with E-state index in [1.807, 2.05) is 38.2 Å². The van der Waals surface area contributed by atoms with Gasteiger partial charge in [0, 0.05) is 66.6 Å². The zero-order valence-corrected chi connectivity index (χ0v) is 34.0. The minimum atomic E-state index is -4.88. The number of unbranched alkanes of at least 4 members (excludes halogenated alkanes) is 2. The van der Waals surface area contributed by atoms with Gasteiger partial charge in [-0.25, -0.2) is 0 Å². The van der Waals surface area contributed by atoms with Crippen molar-refractivity contribution in [3.63, 3.8) is 0 Å². The lowest BCUT2D eigenvalue weighted by atomic mass is 9.75. The van der Waals surface area contributed by atoms with Gasteiger partial charge >= 0.3 is 5.97 Å². The number of ether oxygens (including phenoxy) is 1. The van der Waals surface area contributed by atoms with Gasteiger partial charge in [-0.3, -0.25) is 13.9 Å². The Morgan fingerprint density at radius 3 is 2.29 bits per heavy atom. The molecule has 0 aromatic heterocycles. The second-order valence-electron chi connectivity index (χ2n) is 15.1. The van der Waals surface area contributed by atoms with E-state index in [0.717, 1.165) is 30.4 Å². The first-order chi connectivity index (χ1) is 26.4. The molecule has 2 heterocycles. The van der Waals surface area contributed by atoms with Crippen LogP contribution in [0.3, 0.4) is 0 Å². The van der Waals surface area contributed by atoms with E-state index in [9.17, 15) is 30.7 Å². The third-order valence-corrected chi connectivity index (χ3v) is 12.9. The molecule has 1 atom stereocenters. The van der Waals surface area contributed by atoms with Gasteiger partial charge in [0.05, 0.1) is 10.3 Å². The Bertz CT molecular complexity index is 2570. The van der Waals surface area contributed by atoms with Gasteiger partial charge in [-0.15, -0.1) is 0 Å². The molecule has 0 saturated carbocycles. The lowest BCUT2D eigenvalue weighted by Gasteiger charge is -2.27. The summed E-state index contributed by atoms with van der Waals surface area (Å²) in [5.74, 6) is -0.860. The summed E-state index contributed by atoms with van der Waals surface area (Å²) in [7, 11) is -8.01. The third-order valence-electron chi connectivity index (χ3n) is 11.2. The smallest absolute Gasteiger partial charge is 0.303 e. The summed E-state index contributed by atoms with van der Waals surface area (Å²) in [4.78, 5) is 12.0. The predicted molar refractivity (Wildman–Crippen MR) is 220 cm³/mol. The number of hydrogen-bond donors (Lipinski definition) is 3. The van der Waals surface area contributed by atoms with Gasteiger partial charge in [0.15, 0.2) is 5.71 Å². The zero-order chi connectivity index (χ0) is 40.6. The van der Waals surface area contributed by atoms with Gasteiger partial charge in [-0.05, 0) is 85.2 Å². The first kappa shape index (κ1) is 41.0. The number of methoxy groups -OCH3 is 1. The van der Waals surface area contributed by atoms with E-state index >= 15 is 0 Å². The van der Waals surface area contributed by atoms with E-state index in [4.69, 9.17) is 9.84 Å². The normalized spacial score (nSPS) is 19.0. The molecule has 0 aliphatic carbocycles. The van der Waals surface area contributed by atoms with E-state index in [1.54, 1.807) is 13.2 Å². The number of aliphatic carboxylic acids is 1. The first-order valence-corrected chi connectivity index (χ1v) is 21.6. The van der Waals surface area contributed by atoms with Crippen molar-refractivity contribution in [3.05, 3.63) is 108 Å². The fraction of sp³-hybridized carbons (Fsp3) is 0.349. The molecular formula is C43H49N2O9S2+. The molecule has 13 heteroatoms. The van der Waals surface area contributed by atoms with Crippen molar-refractivity contribution in [2.45, 2.75) is 80.4 Å². The van der Waals surface area contributed by atoms with Crippen molar-refractivity contribution in [2.24, 2.45) is 0 Å². The largest absolute Gasteiger partial charge is 0.481 e. The summed E-state index contributed by atoms with van der Waals surface area (Å²) >= 11 is 0. The predicted octanol–water partition coefficient (Wildman–Crippen LogP) is 8.34. The lowest BCUT2D eigenvalue weighted by molar-refractivity contribution is -0.433. The molecule has 4 aromatic rings. The minimum Gasteiger partial charge on any atom is -0.481 e. The van der Waals surface area contributed by atoms with Gasteiger partial charge in [-0.1, -0.05) is 68.8 Å². The van der Waals surface area contributed by atoms with E-state index in [2.05, 4.69) is 65.8 Å². The van der Waals surface area contributed by atoms with Crippen LogP contribution in [0.15, 0.2) is 107 Å². The van der Waals surface area contributed by atoms with Gasteiger partial charge in [-0.2, -0.15) is 21.4 Å². The van der Waals surface area contributed by atoms with Crippen molar-refractivity contribution in [1.29, 1.82) is 0 Å². The van der Waals surface area contributed by atoms with E-state index < -0.39 is 41.4 Å². The number of fused-ring (bicyclic) bond motifs is 6. The molecule has 0 bridgehead atoms. The molecular weight excluding hydrogens is 753 g/mol. The van der Waals surface area contributed by atoms with Crippen LogP contribution in [-0.2, 0) is 40.6 Å². The second kappa shape index (κ2) is 15.7. The summed E-state index contributed by atoms with van der Waals surface area (Å²) < 4.78 is 77.8. The summed E-state index contributed by atoms with van der Waals surface area (Å²) in [6, 6.07) is 18.1. The van der Waals surface area contributed by atoms with Crippen LogP contribution >= 0.6 is 0 Å². The Morgan fingerprint density at radius 1 is 0.857 bits per heavy atom. The zero-order valence-electron chi connectivity index (χ0n) is 32.3. The molecule has 0 spiro atoms. The van der Waals surface area contributed by atoms with Crippen LogP contribution in [0.1, 0.15) is 70.9 Å². The van der Waals surface area contributed by atoms with Crippen molar-refractivity contribution in [1.82, 2.24) is 0 Å². The SMILES string of the molecule is CC[N+]1=C(/C=C/C=C/C=C2/N(CCCCCC(=O)O)c3ccc4c(S(=O)(=O)O)cc(S(=O)(=O)O)cc4c3C2(C)C)C(C)(CCOC)c2c1ccc1ccccc21. The molecule has 0 saturated heterocycles. The van der Waals surface area contributed by atoms with E-state index in [1.165, 1.54) is 34.2 Å². The molecule has 2 aliphatic heterocycles. The van der Waals surface area contributed by atoms with Crippen molar-refractivity contribution in [3.8, 4) is 0 Å². The standard InChI is InChI=1S/C43H48N2O9S2/c1-6-44-35-22-20-29-15-12-13-16-31(29)41(35)43(4,24-26-54-5)38(44)18-10-7-9-17-37-42(2,3)40-33-27-30(55(48,49)50)28-36(56(51,52)53)32(33)21-23-34(40)45(37)25-14-8-11-19-39(46)47/h7,9-10,12-13,15-18,20-23,27-28H,6,8,11,14,19,24-26H2,1-5H3,(H2-,46,47,48,49,50,51,52,53)/p+1. The summed E-state index contributed by atoms with van der Waals surface area (Å²) in [5, 5.41) is 11.9. The van der Waals surface area contributed by atoms with Crippen molar-refractivity contribution in [2.75, 3.05) is 31.7 Å². The quantitative estimate of drug-likeness (QED) is 0.0461. The Balaban J connectivity index is 1.42. The number of carboxylic acid groups (broad SMARTS) is 1.